The van der Waals surface area contributed by atoms with Gasteiger partial charge in [0, 0.05) is 16.5 Å². The topological polar surface area (TPSA) is 38.1 Å². The van der Waals surface area contributed by atoms with Crippen molar-refractivity contribution in [2.45, 2.75) is 25.2 Å². The molecule has 1 fully saturated rings. The van der Waals surface area contributed by atoms with Crippen LogP contribution in [0.5, 0.6) is 5.88 Å². The number of halogens is 1. The minimum absolute atomic E-state index is 0.189. The molecule has 3 aromatic rings. The monoisotopic (exact) mass is 382 g/mol. The third kappa shape index (κ3) is 3.24. The zero-order valence-electron chi connectivity index (χ0n) is 13.3. The van der Waals surface area contributed by atoms with E-state index in [0.29, 0.717) is 0 Å². The largest absolute Gasteiger partial charge is 0.493 e. The summed E-state index contributed by atoms with van der Waals surface area (Å²) < 4.78 is 2.70. The molecule has 4 heteroatoms. The third-order valence-electron chi connectivity index (χ3n) is 4.61. The van der Waals surface area contributed by atoms with Gasteiger partial charge in [-0.05, 0) is 42.2 Å². The first kappa shape index (κ1) is 15.5. The van der Waals surface area contributed by atoms with Gasteiger partial charge in [-0.1, -0.05) is 59.1 Å². The molecule has 1 saturated carbocycles. The summed E-state index contributed by atoms with van der Waals surface area (Å²) in [7, 11) is 0. The fourth-order valence-electron chi connectivity index (χ4n) is 3.13. The molecule has 1 aromatic heterocycles. The Hall–Kier alpha value is -2.07. The van der Waals surface area contributed by atoms with Gasteiger partial charge < -0.3 is 5.11 Å². The zero-order chi connectivity index (χ0) is 16.5. The number of aromatic nitrogens is 2. The highest BCUT2D eigenvalue weighted by molar-refractivity contribution is 9.10. The van der Waals surface area contributed by atoms with Crippen LogP contribution in [0.25, 0.3) is 5.69 Å². The van der Waals surface area contributed by atoms with Gasteiger partial charge in [0.1, 0.15) is 0 Å². The van der Waals surface area contributed by atoms with Gasteiger partial charge in [-0.3, -0.25) is 0 Å². The van der Waals surface area contributed by atoms with E-state index >= 15 is 0 Å². The molecule has 2 aromatic carbocycles. The van der Waals surface area contributed by atoms with Crippen LogP contribution in [0.4, 0.5) is 0 Å². The van der Waals surface area contributed by atoms with Crippen LogP contribution in [-0.2, 0) is 0 Å². The fourth-order valence-corrected chi connectivity index (χ4v) is 3.39. The molecule has 0 aliphatic heterocycles. The Balaban J connectivity index is 1.71. The van der Waals surface area contributed by atoms with Crippen molar-refractivity contribution in [1.82, 2.24) is 9.78 Å². The number of hydrogen-bond donors (Lipinski definition) is 1. The Morgan fingerprint density at radius 1 is 1.08 bits per heavy atom. The third-order valence-corrected chi connectivity index (χ3v) is 5.13. The summed E-state index contributed by atoms with van der Waals surface area (Å²) in [6.07, 6.45) is 3.70. The van der Waals surface area contributed by atoms with E-state index in [4.69, 9.17) is 5.10 Å². The van der Waals surface area contributed by atoms with E-state index in [0.717, 1.165) is 28.2 Å². The van der Waals surface area contributed by atoms with Gasteiger partial charge in [0.25, 0.3) is 0 Å². The molecule has 1 unspecified atom stereocenters. The summed E-state index contributed by atoms with van der Waals surface area (Å²) in [5, 5.41) is 15.1. The fraction of sp³-hybridized carbons (Fsp3) is 0.250. The number of nitrogens with zero attached hydrogens (tertiary/aromatic N) is 2. The molecule has 1 heterocycles. The van der Waals surface area contributed by atoms with E-state index in [9.17, 15) is 5.11 Å². The lowest BCUT2D eigenvalue weighted by molar-refractivity contribution is 0.433. The molecule has 3 nitrogen and oxygen atoms in total. The quantitative estimate of drug-likeness (QED) is 0.652. The van der Waals surface area contributed by atoms with E-state index in [-0.39, 0.29) is 11.8 Å². The van der Waals surface area contributed by atoms with Crippen molar-refractivity contribution in [2.24, 2.45) is 5.92 Å². The van der Waals surface area contributed by atoms with Crippen LogP contribution in [0, 0.1) is 5.92 Å². The SMILES string of the molecule is Oc1cc(C(CC2CC2)c2ccc(Br)cc2)nn1-c1ccccc1. The summed E-state index contributed by atoms with van der Waals surface area (Å²) >= 11 is 3.50. The molecule has 4 rings (SSSR count). The van der Waals surface area contributed by atoms with Gasteiger partial charge in [0.2, 0.25) is 5.88 Å². The van der Waals surface area contributed by atoms with Crippen LogP contribution < -0.4 is 0 Å². The Bertz CT molecular complexity index is 823. The maximum absolute atomic E-state index is 10.4. The molecule has 1 atom stereocenters. The molecular formula is C20H19BrN2O. The maximum Gasteiger partial charge on any atom is 0.214 e. The van der Waals surface area contributed by atoms with E-state index < -0.39 is 0 Å². The second kappa shape index (κ2) is 6.44. The second-order valence-corrected chi connectivity index (χ2v) is 7.37. The zero-order valence-corrected chi connectivity index (χ0v) is 14.9. The molecule has 0 bridgehead atoms. The molecule has 0 radical (unpaired) electrons. The Morgan fingerprint density at radius 2 is 1.79 bits per heavy atom. The van der Waals surface area contributed by atoms with Gasteiger partial charge in [-0.25, -0.2) is 4.68 Å². The standard InChI is InChI=1S/C20H19BrN2O/c21-16-10-8-15(9-11-16)18(12-14-6-7-14)19-13-20(24)23(22-19)17-4-2-1-3-5-17/h1-5,8-11,13-14,18,24H,6-7,12H2. The molecule has 0 amide bonds. The van der Waals surface area contributed by atoms with Gasteiger partial charge in [0.15, 0.2) is 0 Å². The summed E-state index contributed by atoms with van der Waals surface area (Å²) in [5.74, 6) is 1.19. The number of para-hydroxylation sites is 1. The smallest absolute Gasteiger partial charge is 0.214 e. The van der Waals surface area contributed by atoms with E-state index in [1.807, 2.05) is 36.4 Å². The number of benzene rings is 2. The van der Waals surface area contributed by atoms with E-state index in [1.54, 1.807) is 4.68 Å². The van der Waals surface area contributed by atoms with Gasteiger partial charge >= 0.3 is 0 Å². The summed E-state index contributed by atoms with van der Waals surface area (Å²) in [6.45, 7) is 0. The van der Waals surface area contributed by atoms with Crippen molar-refractivity contribution in [3.05, 3.63) is 76.4 Å². The predicted octanol–water partition coefficient (Wildman–Crippen LogP) is 5.27. The highest BCUT2D eigenvalue weighted by Gasteiger charge is 2.29. The number of hydrogen-bond acceptors (Lipinski definition) is 2. The van der Waals surface area contributed by atoms with Crippen LogP contribution >= 0.6 is 15.9 Å². The number of aromatic hydroxyl groups is 1. The number of rotatable bonds is 5. The van der Waals surface area contributed by atoms with E-state index in [2.05, 4.69) is 40.2 Å². The lowest BCUT2D eigenvalue weighted by atomic mass is 9.90. The van der Waals surface area contributed by atoms with Crippen molar-refractivity contribution in [3.63, 3.8) is 0 Å². The molecular weight excluding hydrogens is 364 g/mol. The van der Waals surface area contributed by atoms with Crippen molar-refractivity contribution in [2.75, 3.05) is 0 Å². The summed E-state index contributed by atoms with van der Waals surface area (Å²) in [4.78, 5) is 0. The highest BCUT2D eigenvalue weighted by atomic mass is 79.9. The van der Waals surface area contributed by atoms with Crippen LogP contribution in [0.15, 0.2) is 65.1 Å². The van der Waals surface area contributed by atoms with Crippen molar-refractivity contribution in [1.29, 1.82) is 0 Å². The first-order chi connectivity index (χ1) is 11.7. The van der Waals surface area contributed by atoms with Gasteiger partial charge in [-0.15, -0.1) is 0 Å². The van der Waals surface area contributed by atoms with Crippen LogP contribution in [-0.4, -0.2) is 14.9 Å². The molecule has 1 N–H and O–H groups in total. The molecule has 0 saturated heterocycles. The highest BCUT2D eigenvalue weighted by Crippen LogP contribution is 2.42. The molecule has 122 valence electrons. The molecule has 1 aliphatic rings. The average molecular weight is 383 g/mol. The van der Waals surface area contributed by atoms with Gasteiger partial charge in [-0.2, -0.15) is 5.10 Å². The first-order valence-electron chi connectivity index (χ1n) is 8.30. The van der Waals surface area contributed by atoms with Crippen molar-refractivity contribution in [3.8, 4) is 11.6 Å². The minimum Gasteiger partial charge on any atom is -0.493 e. The van der Waals surface area contributed by atoms with Crippen molar-refractivity contribution < 1.29 is 5.11 Å². The lowest BCUT2D eigenvalue weighted by Gasteiger charge is -2.15. The van der Waals surface area contributed by atoms with Crippen LogP contribution in [0.2, 0.25) is 0 Å². The molecule has 1 aliphatic carbocycles. The summed E-state index contributed by atoms with van der Waals surface area (Å²) in [5.41, 5.74) is 3.07. The Morgan fingerprint density at radius 3 is 2.46 bits per heavy atom. The Kier molecular flexibility index (Phi) is 4.15. The van der Waals surface area contributed by atoms with Crippen molar-refractivity contribution >= 4 is 15.9 Å². The second-order valence-electron chi connectivity index (χ2n) is 6.46. The molecule has 0 spiro atoms. The maximum atomic E-state index is 10.4. The van der Waals surface area contributed by atoms with E-state index in [1.165, 1.54) is 18.4 Å². The molecule has 24 heavy (non-hydrogen) atoms. The normalized spacial score (nSPS) is 15.4. The van der Waals surface area contributed by atoms with Crippen LogP contribution in [0.1, 0.15) is 36.4 Å². The first-order valence-corrected chi connectivity index (χ1v) is 9.10. The minimum atomic E-state index is 0.189. The van der Waals surface area contributed by atoms with Gasteiger partial charge in [0.05, 0.1) is 11.4 Å². The summed E-state index contributed by atoms with van der Waals surface area (Å²) in [6, 6.07) is 20.0. The average Bonchev–Trinajstić information content (AvgIpc) is 3.35. The predicted molar refractivity (Wildman–Crippen MR) is 98.6 cm³/mol. The Labute approximate surface area is 150 Å². The van der Waals surface area contributed by atoms with Crippen LogP contribution in [0.3, 0.4) is 0 Å². The lowest BCUT2D eigenvalue weighted by Crippen LogP contribution is -2.05.